The Morgan fingerprint density at radius 2 is 2.08 bits per heavy atom. The van der Waals surface area contributed by atoms with Crippen molar-refractivity contribution in [2.45, 2.75) is 38.3 Å². The van der Waals surface area contributed by atoms with E-state index in [0.29, 0.717) is 19.0 Å². The molecule has 26 heavy (non-hydrogen) atoms. The van der Waals surface area contributed by atoms with E-state index in [1.165, 1.54) is 11.1 Å². The van der Waals surface area contributed by atoms with Gasteiger partial charge in [-0.25, -0.2) is 0 Å². The monoisotopic (exact) mass is 472 g/mol. The molecule has 1 atom stereocenters. The quantitative estimate of drug-likeness (QED) is 0.400. The Hall–Kier alpha value is -1.35. The maximum atomic E-state index is 12.5. The summed E-state index contributed by atoms with van der Waals surface area (Å²) in [5, 5.41) is 6.39. The minimum absolute atomic E-state index is 0. The van der Waals surface area contributed by atoms with Gasteiger partial charge < -0.3 is 20.3 Å². The molecule has 0 aliphatic carbocycles. The van der Waals surface area contributed by atoms with Crippen molar-refractivity contribution in [1.29, 1.82) is 0 Å². The number of hydrogen-bond acceptors (Lipinski definition) is 3. The van der Waals surface area contributed by atoms with Crippen molar-refractivity contribution in [2.24, 2.45) is 4.99 Å². The molecule has 1 aromatic rings. The molecular formula is C19H29IN4O2. The third-order valence-electron chi connectivity index (χ3n) is 5.04. The van der Waals surface area contributed by atoms with E-state index in [1.807, 2.05) is 11.0 Å². The van der Waals surface area contributed by atoms with Crippen LogP contribution in [0, 0.1) is 0 Å². The average Bonchev–Trinajstić information content (AvgIpc) is 3.08. The predicted molar refractivity (Wildman–Crippen MR) is 114 cm³/mol. The van der Waals surface area contributed by atoms with Crippen LogP contribution in [0.1, 0.15) is 30.9 Å². The van der Waals surface area contributed by atoms with Crippen molar-refractivity contribution in [3.8, 4) is 0 Å². The standard InChI is InChI=1S/C19H28N4O2.HI/c1-19(9-5-11-25-19)14-22-18(20-2)21-12-17(24)23-10-8-15-6-3-4-7-16(15)13-23;/h3-4,6-7H,5,8-14H2,1-2H3,(H2,20,21,22);1H. The molecule has 0 saturated carbocycles. The summed E-state index contributed by atoms with van der Waals surface area (Å²) in [6.45, 7) is 5.33. The van der Waals surface area contributed by atoms with Crippen LogP contribution in [-0.2, 0) is 22.5 Å². The van der Waals surface area contributed by atoms with Crippen LogP contribution in [0.15, 0.2) is 29.3 Å². The van der Waals surface area contributed by atoms with E-state index in [9.17, 15) is 4.79 Å². The lowest BCUT2D eigenvalue weighted by molar-refractivity contribution is -0.130. The molecule has 0 bridgehead atoms. The summed E-state index contributed by atoms with van der Waals surface area (Å²) >= 11 is 0. The lowest BCUT2D eigenvalue weighted by atomic mass is 10.00. The van der Waals surface area contributed by atoms with E-state index < -0.39 is 0 Å². The molecular weight excluding hydrogens is 443 g/mol. The SMILES string of the molecule is CN=C(NCC(=O)N1CCc2ccccc2C1)NCC1(C)CCCO1.I. The molecule has 1 aromatic carbocycles. The topological polar surface area (TPSA) is 66.0 Å². The Morgan fingerprint density at radius 3 is 2.77 bits per heavy atom. The van der Waals surface area contributed by atoms with Gasteiger partial charge >= 0.3 is 0 Å². The van der Waals surface area contributed by atoms with Crippen LogP contribution in [0.25, 0.3) is 0 Å². The Morgan fingerprint density at radius 1 is 1.31 bits per heavy atom. The first kappa shape index (κ1) is 21.0. The minimum Gasteiger partial charge on any atom is -0.373 e. The molecule has 1 saturated heterocycles. The van der Waals surface area contributed by atoms with Gasteiger partial charge in [0.05, 0.1) is 12.1 Å². The van der Waals surface area contributed by atoms with Gasteiger partial charge in [-0.05, 0) is 37.3 Å². The van der Waals surface area contributed by atoms with Crippen molar-refractivity contribution in [3.63, 3.8) is 0 Å². The fraction of sp³-hybridized carbons (Fsp3) is 0.579. The molecule has 3 rings (SSSR count). The van der Waals surface area contributed by atoms with E-state index in [-0.39, 0.29) is 42.0 Å². The van der Waals surface area contributed by atoms with Crippen LogP contribution in [-0.4, -0.2) is 55.7 Å². The van der Waals surface area contributed by atoms with E-state index in [2.05, 4.69) is 40.7 Å². The molecule has 2 aliphatic heterocycles. The number of aliphatic imine (C=N–C) groups is 1. The van der Waals surface area contributed by atoms with E-state index in [1.54, 1.807) is 7.05 Å². The smallest absolute Gasteiger partial charge is 0.242 e. The van der Waals surface area contributed by atoms with Crippen LogP contribution in [0.2, 0.25) is 0 Å². The van der Waals surface area contributed by atoms with Crippen LogP contribution in [0.4, 0.5) is 0 Å². The molecule has 0 radical (unpaired) electrons. The normalized spacial score (nSPS) is 22.4. The predicted octanol–water partition coefficient (Wildman–Crippen LogP) is 1.92. The maximum Gasteiger partial charge on any atom is 0.242 e. The van der Waals surface area contributed by atoms with Gasteiger partial charge in [0, 0.05) is 33.3 Å². The zero-order chi connectivity index (χ0) is 17.7. The van der Waals surface area contributed by atoms with Gasteiger partial charge in [-0.1, -0.05) is 24.3 Å². The number of rotatable bonds is 4. The van der Waals surface area contributed by atoms with Gasteiger partial charge in [0.25, 0.3) is 0 Å². The fourth-order valence-corrected chi connectivity index (χ4v) is 3.45. The van der Waals surface area contributed by atoms with E-state index in [4.69, 9.17) is 4.74 Å². The summed E-state index contributed by atoms with van der Waals surface area (Å²) in [6.07, 6.45) is 3.06. The van der Waals surface area contributed by atoms with Crippen molar-refractivity contribution in [2.75, 3.05) is 33.3 Å². The summed E-state index contributed by atoms with van der Waals surface area (Å²) in [7, 11) is 1.72. The highest BCUT2D eigenvalue weighted by molar-refractivity contribution is 14.0. The second-order valence-electron chi connectivity index (χ2n) is 7.02. The molecule has 2 heterocycles. The van der Waals surface area contributed by atoms with Crippen molar-refractivity contribution >= 4 is 35.8 Å². The van der Waals surface area contributed by atoms with Gasteiger partial charge in [0.2, 0.25) is 5.91 Å². The van der Waals surface area contributed by atoms with E-state index >= 15 is 0 Å². The number of fused-ring (bicyclic) bond motifs is 1. The van der Waals surface area contributed by atoms with Crippen molar-refractivity contribution < 1.29 is 9.53 Å². The highest BCUT2D eigenvalue weighted by Gasteiger charge is 2.29. The fourth-order valence-electron chi connectivity index (χ4n) is 3.45. The summed E-state index contributed by atoms with van der Waals surface area (Å²) < 4.78 is 5.77. The number of carbonyl (C=O) groups excluding carboxylic acids is 1. The summed E-state index contributed by atoms with van der Waals surface area (Å²) in [4.78, 5) is 18.6. The largest absolute Gasteiger partial charge is 0.373 e. The molecule has 7 heteroatoms. The summed E-state index contributed by atoms with van der Waals surface area (Å²) in [6, 6.07) is 8.34. The zero-order valence-corrected chi connectivity index (χ0v) is 17.9. The second kappa shape index (κ2) is 9.55. The average molecular weight is 472 g/mol. The summed E-state index contributed by atoms with van der Waals surface area (Å²) in [5.74, 6) is 0.739. The molecule has 144 valence electrons. The maximum absolute atomic E-state index is 12.5. The number of amides is 1. The molecule has 2 N–H and O–H groups in total. The van der Waals surface area contributed by atoms with Gasteiger partial charge in [-0.3, -0.25) is 9.79 Å². The third-order valence-corrected chi connectivity index (χ3v) is 5.04. The molecule has 1 unspecified atom stereocenters. The number of hydrogen-bond donors (Lipinski definition) is 2. The number of nitrogens with one attached hydrogen (secondary N) is 2. The Bertz CT molecular complexity index is 644. The molecule has 0 spiro atoms. The van der Waals surface area contributed by atoms with Gasteiger partial charge in [-0.2, -0.15) is 0 Å². The highest BCUT2D eigenvalue weighted by atomic mass is 127. The van der Waals surface area contributed by atoms with Gasteiger partial charge in [0.15, 0.2) is 5.96 Å². The lowest BCUT2D eigenvalue weighted by Gasteiger charge is -2.29. The first-order valence-corrected chi connectivity index (χ1v) is 9.03. The number of guanidine groups is 1. The molecule has 1 fully saturated rings. The molecule has 6 nitrogen and oxygen atoms in total. The first-order chi connectivity index (χ1) is 12.1. The molecule has 1 amide bonds. The Labute approximate surface area is 172 Å². The number of ether oxygens (including phenoxy) is 1. The molecule has 0 aromatic heterocycles. The minimum atomic E-state index is -0.141. The number of benzene rings is 1. The van der Waals surface area contributed by atoms with E-state index in [0.717, 1.165) is 32.4 Å². The highest BCUT2D eigenvalue weighted by Crippen LogP contribution is 2.23. The van der Waals surface area contributed by atoms with Crippen LogP contribution >= 0.6 is 24.0 Å². The van der Waals surface area contributed by atoms with Gasteiger partial charge in [0.1, 0.15) is 0 Å². The number of halogens is 1. The second-order valence-corrected chi connectivity index (χ2v) is 7.02. The van der Waals surface area contributed by atoms with Crippen molar-refractivity contribution in [1.82, 2.24) is 15.5 Å². The van der Waals surface area contributed by atoms with Crippen LogP contribution in [0.3, 0.4) is 0 Å². The number of nitrogens with zero attached hydrogens (tertiary/aromatic N) is 2. The third kappa shape index (κ3) is 5.33. The summed E-state index contributed by atoms with van der Waals surface area (Å²) in [5.41, 5.74) is 2.45. The van der Waals surface area contributed by atoms with Gasteiger partial charge in [-0.15, -0.1) is 24.0 Å². The zero-order valence-electron chi connectivity index (χ0n) is 15.6. The Balaban J connectivity index is 0.00000243. The lowest BCUT2D eigenvalue weighted by Crippen LogP contribution is -2.49. The first-order valence-electron chi connectivity index (χ1n) is 9.03. The van der Waals surface area contributed by atoms with Crippen molar-refractivity contribution in [3.05, 3.63) is 35.4 Å². The Kier molecular flexibility index (Phi) is 7.69. The number of carbonyl (C=O) groups is 1. The van der Waals surface area contributed by atoms with Crippen LogP contribution < -0.4 is 10.6 Å². The molecule has 2 aliphatic rings. The van der Waals surface area contributed by atoms with Crippen LogP contribution in [0.5, 0.6) is 0 Å².